The van der Waals surface area contributed by atoms with Crippen LogP contribution in [0.15, 0.2) is 24.3 Å². The maximum absolute atomic E-state index is 12.6. The highest BCUT2D eigenvalue weighted by atomic mass is 35.5. The van der Waals surface area contributed by atoms with Gasteiger partial charge in [0.05, 0.1) is 22.8 Å². The van der Waals surface area contributed by atoms with Crippen molar-refractivity contribution in [1.82, 2.24) is 4.90 Å². The molecule has 3 rings (SSSR count). The maximum Gasteiger partial charge on any atom is 0.341 e. The van der Waals surface area contributed by atoms with Gasteiger partial charge in [-0.25, -0.2) is 4.79 Å². The molecule has 0 spiro atoms. The molecule has 1 amide bonds. The summed E-state index contributed by atoms with van der Waals surface area (Å²) in [6.07, 6.45) is 0.762. The molecule has 0 unspecified atom stereocenters. The lowest BCUT2D eigenvalue weighted by Crippen LogP contribution is -2.26. The van der Waals surface area contributed by atoms with Crippen molar-refractivity contribution in [3.63, 3.8) is 0 Å². The number of esters is 1. The molecule has 1 aromatic carbocycles. The van der Waals surface area contributed by atoms with Crippen molar-refractivity contribution in [3.8, 4) is 0 Å². The van der Waals surface area contributed by atoms with E-state index in [-0.39, 0.29) is 11.9 Å². The number of carbonyl (C=O) groups excluding carboxylic acids is 2. The fourth-order valence-corrected chi connectivity index (χ4v) is 4.39. The Morgan fingerprint density at radius 2 is 2.12 bits per heavy atom. The van der Waals surface area contributed by atoms with Gasteiger partial charge in [0.15, 0.2) is 0 Å². The molecule has 1 aliphatic rings. The molecular weight excluding hydrogens is 360 g/mol. The molecule has 1 aliphatic heterocycles. The predicted molar refractivity (Wildman–Crippen MR) is 99.7 cm³/mol. The first-order valence-electron chi connectivity index (χ1n) is 8.07. The van der Waals surface area contributed by atoms with Gasteiger partial charge in [-0.05, 0) is 38.1 Å². The van der Waals surface area contributed by atoms with E-state index in [9.17, 15) is 9.59 Å². The monoisotopic (exact) mass is 378 g/mol. The molecule has 0 aliphatic carbocycles. The average molecular weight is 379 g/mol. The van der Waals surface area contributed by atoms with Crippen LogP contribution in [0.25, 0.3) is 0 Å². The van der Waals surface area contributed by atoms with Crippen LogP contribution in [0, 0.1) is 0 Å². The second-order valence-corrected chi connectivity index (χ2v) is 7.36. The van der Waals surface area contributed by atoms with E-state index in [0.717, 1.165) is 30.0 Å². The van der Waals surface area contributed by atoms with Gasteiger partial charge in [0, 0.05) is 18.0 Å². The lowest BCUT2D eigenvalue weighted by Gasteiger charge is -2.22. The molecule has 0 fully saturated rings. The van der Waals surface area contributed by atoms with Crippen LogP contribution in [0.3, 0.4) is 0 Å². The molecule has 0 saturated heterocycles. The van der Waals surface area contributed by atoms with Crippen LogP contribution >= 0.6 is 22.9 Å². The van der Waals surface area contributed by atoms with Crippen LogP contribution in [-0.2, 0) is 17.7 Å². The molecule has 2 aromatic rings. The van der Waals surface area contributed by atoms with Crippen LogP contribution in [0.1, 0.15) is 38.1 Å². The largest absolute Gasteiger partial charge is 0.462 e. The number of hydrogen-bond donors (Lipinski definition) is 1. The van der Waals surface area contributed by atoms with E-state index in [0.29, 0.717) is 27.8 Å². The normalized spacial score (nSPS) is 14.0. The molecule has 25 heavy (non-hydrogen) atoms. The number of benzene rings is 1. The number of thiophene rings is 1. The number of rotatable bonds is 4. The number of ether oxygens (including phenoxy) is 1. The minimum absolute atomic E-state index is 0.293. The molecule has 0 radical (unpaired) electrons. The van der Waals surface area contributed by atoms with Crippen molar-refractivity contribution in [1.29, 1.82) is 0 Å². The zero-order valence-electron chi connectivity index (χ0n) is 14.1. The summed E-state index contributed by atoms with van der Waals surface area (Å²) < 4.78 is 5.21. The quantitative estimate of drug-likeness (QED) is 0.822. The minimum atomic E-state index is -0.390. The second kappa shape index (κ2) is 7.56. The third-order valence-electron chi connectivity index (χ3n) is 4.07. The number of amides is 1. The Kier molecular flexibility index (Phi) is 5.42. The van der Waals surface area contributed by atoms with Gasteiger partial charge < -0.3 is 15.0 Å². The molecule has 7 heteroatoms. The fraction of sp³-hybridized carbons (Fsp3) is 0.333. The Hall–Kier alpha value is -1.89. The van der Waals surface area contributed by atoms with Gasteiger partial charge in [-0.3, -0.25) is 4.79 Å². The highest BCUT2D eigenvalue weighted by molar-refractivity contribution is 7.17. The lowest BCUT2D eigenvalue weighted by atomic mass is 10.0. The van der Waals surface area contributed by atoms with E-state index in [1.165, 1.54) is 11.3 Å². The van der Waals surface area contributed by atoms with Gasteiger partial charge in [0.1, 0.15) is 5.00 Å². The van der Waals surface area contributed by atoms with Crippen LogP contribution in [0.5, 0.6) is 0 Å². The van der Waals surface area contributed by atoms with E-state index >= 15 is 0 Å². The van der Waals surface area contributed by atoms with E-state index in [1.54, 1.807) is 31.2 Å². The zero-order chi connectivity index (χ0) is 18.0. The van der Waals surface area contributed by atoms with Crippen LogP contribution < -0.4 is 5.32 Å². The highest BCUT2D eigenvalue weighted by Crippen LogP contribution is 2.37. The molecule has 132 valence electrons. The van der Waals surface area contributed by atoms with Crippen molar-refractivity contribution >= 4 is 39.8 Å². The van der Waals surface area contributed by atoms with Gasteiger partial charge in [0.25, 0.3) is 5.91 Å². The van der Waals surface area contributed by atoms with Gasteiger partial charge in [-0.1, -0.05) is 23.7 Å². The molecular formula is C18H19ClN2O3S. The topological polar surface area (TPSA) is 58.6 Å². The summed E-state index contributed by atoms with van der Waals surface area (Å²) in [4.78, 5) is 28.3. The van der Waals surface area contributed by atoms with E-state index < -0.39 is 0 Å². The molecule has 0 bridgehead atoms. The van der Waals surface area contributed by atoms with Crippen molar-refractivity contribution in [2.24, 2.45) is 0 Å². The summed E-state index contributed by atoms with van der Waals surface area (Å²) in [7, 11) is 2.04. The predicted octanol–water partition coefficient (Wildman–Crippen LogP) is 3.82. The number of fused-ring (bicyclic) bond motifs is 1. The molecule has 1 N–H and O–H groups in total. The molecule has 0 atom stereocenters. The van der Waals surface area contributed by atoms with Crippen LogP contribution in [0.2, 0.25) is 5.02 Å². The number of nitrogens with zero attached hydrogens (tertiary/aromatic N) is 1. The van der Waals surface area contributed by atoms with E-state index in [1.807, 2.05) is 7.05 Å². The number of carbonyl (C=O) groups is 2. The summed E-state index contributed by atoms with van der Waals surface area (Å²) in [6, 6.07) is 6.84. The number of halogens is 1. The molecule has 0 saturated carbocycles. The van der Waals surface area contributed by atoms with Gasteiger partial charge in [0.2, 0.25) is 0 Å². The SMILES string of the molecule is CCOC(=O)c1c(NC(=O)c2ccccc2Cl)sc2c1CCN(C)C2. The molecule has 5 nitrogen and oxygen atoms in total. The Labute approximate surface area is 155 Å². The Balaban J connectivity index is 1.96. The zero-order valence-corrected chi connectivity index (χ0v) is 15.7. The number of nitrogens with one attached hydrogen (secondary N) is 1. The summed E-state index contributed by atoms with van der Waals surface area (Å²) in [5.41, 5.74) is 1.84. The Morgan fingerprint density at radius 3 is 2.84 bits per heavy atom. The first kappa shape index (κ1) is 17.9. The Morgan fingerprint density at radius 1 is 1.36 bits per heavy atom. The summed E-state index contributed by atoms with van der Waals surface area (Å²) in [5.74, 6) is -0.720. The number of anilines is 1. The Bertz CT molecular complexity index is 819. The van der Waals surface area contributed by atoms with Crippen molar-refractivity contribution in [3.05, 3.63) is 50.9 Å². The van der Waals surface area contributed by atoms with Gasteiger partial charge in [-0.15, -0.1) is 11.3 Å². The highest BCUT2D eigenvalue weighted by Gasteiger charge is 2.29. The van der Waals surface area contributed by atoms with Crippen LogP contribution in [0.4, 0.5) is 5.00 Å². The van der Waals surface area contributed by atoms with E-state index in [2.05, 4.69) is 10.2 Å². The van der Waals surface area contributed by atoms with Crippen molar-refractivity contribution in [2.45, 2.75) is 19.9 Å². The first-order valence-corrected chi connectivity index (χ1v) is 9.26. The van der Waals surface area contributed by atoms with Gasteiger partial charge >= 0.3 is 5.97 Å². The van der Waals surface area contributed by atoms with Crippen LogP contribution in [-0.4, -0.2) is 37.0 Å². The third-order valence-corrected chi connectivity index (χ3v) is 5.53. The smallest absolute Gasteiger partial charge is 0.341 e. The number of hydrogen-bond acceptors (Lipinski definition) is 5. The maximum atomic E-state index is 12.6. The second-order valence-electron chi connectivity index (χ2n) is 5.85. The van der Waals surface area contributed by atoms with Crippen molar-refractivity contribution < 1.29 is 14.3 Å². The fourth-order valence-electron chi connectivity index (χ4n) is 2.85. The summed E-state index contributed by atoms with van der Waals surface area (Å²) in [5, 5.41) is 3.76. The number of likely N-dealkylation sites (N-methyl/N-ethyl adjacent to an activating group) is 1. The summed E-state index contributed by atoms with van der Waals surface area (Å²) >= 11 is 7.53. The minimum Gasteiger partial charge on any atom is -0.462 e. The lowest BCUT2D eigenvalue weighted by molar-refractivity contribution is 0.0526. The first-order chi connectivity index (χ1) is 12.0. The third kappa shape index (κ3) is 3.71. The summed E-state index contributed by atoms with van der Waals surface area (Å²) in [6.45, 7) is 3.69. The van der Waals surface area contributed by atoms with E-state index in [4.69, 9.17) is 16.3 Å². The van der Waals surface area contributed by atoms with Gasteiger partial charge in [-0.2, -0.15) is 0 Å². The van der Waals surface area contributed by atoms with Crippen molar-refractivity contribution in [2.75, 3.05) is 25.5 Å². The standard InChI is InChI=1S/C18H19ClN2O3S/c1-3-24-18(23)15-12-8-9-21(2)10-14(12)25-17(15)20-16(22)11-6-4-5-7-13(11)19/h4-7H,3,8-10H2,1-2H3,(H,20,22). The molecule has 1 aromatic heterocycles. The molecule has 2 heterocycles. The average Bonchev–Trinajstić information content (AvgIpc) is 2.92.